The van der Waals surface area contributed by atoms with E-state index in [9.17, 15) is 14.4 Å². The van der Waals surface area contributed by atoms with Crippen molar-refractivity contribution < 1.29 is 23.9 Å². The molecule has 180 valence electrons. The third-order valence-corrected chi connectivity index (χ3v) is 5.13. The Morgan fingerprint density at radius 1 is 1.06 bits per heavy atom. The van der Waals surface area contributed by atoms with E-state index in [1.165, 1.54) is 4.90 Å². The number of nitrogens with one attached hydrogen (secondary N) is 1. The molecule has 0 bridgehead atoms. The number of benzene rings is 1. The van der Waals surface area contributed by atoms with Gasteiger partial charge in [0, 0.05) is 7.05 Å². The molecule has 0 spiro atoms. The van der Waals surface area contributed by atoms with E-state index in [4.69, 9.17) is 9.47 Å². The van der Waals surface area contributed by atoms with Crippen molar-refractivity contribution in [1.82, 2.24) is 10.2 Å². The number of hydrogen-bond acceptors (Lipinski definition) is 5. The van der Waals surface area contributed by atoms with Crippen LogP contribution in [0, 0.1) is 11.8 Å². The average Bonchev–Trinajstić information content (AvgIpc) is 2.72. The van der Waals surface area contributed by atoms with E-state index in [1.807, 2.05) is 58.0 Å². The first-order valence-corrected chi connectivity index (χ1v) is 11.3. The first kappa shape index (κ1) is 27.5. The van der Waals surface area contributed by atoms with Crippen LogP contribution in [0.2, 0.25) is 0 Å². The minimum absolute atomic E-state index is 0.118. The second-order valence-electron chi connectivity index (χ2n) is 9.70. The highest BCUT2D eigenvalue weighted by molar-refractivity contribution is 5.89. The number of carbonyl (C=O) groups excluding carboxylic acids is 3. The van der Waals surface area contributed by atoms with Gasteiger partial charge in [-0.25, -0.2) is 9.59 Å². The van der Waals surface area contributed by atoms with E-state index < -0.39 is 35.7 Å². The molecule has 0 heterocycles. The number of rotatable bonds is 10. The zero-order valence-electron chi connectivity index (χ0n) is 20.8. The monoisotopic (exact) mass is 448 g/mol. The Labute approximate surface area is 192 Å². The smallest absolute Gasteiger partial charge is 0.410 e. The summed E-state index contributed by atoms with van der Waals surface area (Å²) in [6.45, 7) is 13.3. The molecular formula is C25H40N2O5. The molecule has 1 N–H and O–H groups in total. The fourth-order valence-electron chi connectivity index (χ4n) is 3.12. The zero-order chi connectivity index (χ0) is 24.5. The Kier molecular flexibility index (Phi) is 10.7. The van der Waals surface area contributed by atoms with Crippen LogP contribution in [0.5, 0.6) is 0 Å². The average molecular weight is 449 g/mol. The molecule has 0 fully saturated rings. The lowest BCUT2D eigenvalue weighted by molar-refractivity contribution is -0.160. The lowest BCUT2D eigenvalue weighted by Gasteiger charge is -2.32. The summed E-state index contributed by atoms with van der Waals surface area (Å²) in [6, 6.07) is 7.79. The van der Waals surface area contributed by atoms with Crippen LogP contribution in [0.25, 0.3) is 0 Å². The van der Waals surface area contributed by atoms with Crippen LogP contribution < -0.4 is 5.32 Å². The molecule has 0 radical (unpaired) electrons. The van der Waals surface area contributed by atoms with Crippen LogP contribution in [-0.4, -0.2) is 47.6 Å². The van der Waals surface area contributed by atoms with Gasteiger partial charge in [0.1, 0.15) is 24.3 Å². The maximum atomic E-state index is 13.2. The lowest BCUT2D eigenvalue weighted by Crippen LogP contribution is -2.55. The highest BCUT2D eigenvalue weighted by Crippen LogP contribution is 2.18. The Hall–Kier alpha value is -2.57. The van der Waals surface area contributed by atoms with Crippen molar-refractivity contribution in [3.63, 3.8) is 0 Å². The topological polar surface area (TPSA) is 84.9 Å². The Morgan fingerprint density at radius 3 is 2.16 bits per heavy atom. The third-order valence-electron chi connectivity index (χ3n) is 5.13. The van der Waals surface area contributed by atoms with Gasteiger partial charge in [0.05, 0.1) is 0 Å². The number of esters is 1. The summed E-state index contributed by atoms with van der Waals surface area (Å²) in [5.74, 6) is -0.839. The number of carbonyl (C=O) groups is 3. The number of likely N-dealkylation sites (N-methyl/N-ethyl adjacent to an activating group) is 1. The number of hydrogen-bond donors (Lipinski definition) is 1. The van der Waals surface area contributed by atoms with Crippen molar-refractivity contribution >= 4 is 18.0 Å². The van der Waals surface area contributed by atoms with Crippen molar-refractivity contribution in [3.8, 4) is 0 Å². The largest absolute Gasteiger partial charge is 0.458 e. The van der Waals surface area contributed by atoms with Gasteiger partial charge in [0.15, 0.2) is 0 Å². The van der Waals surface area contributed by atoms with E-state index in [-0.39, 0.29) is 18.4 Å². The predicted octanol–water partition coefficient (Wildman–Crippen LogP) is 4.54. The van der Waals surface area contributed by atoms with Crippen molar-refractivity contribution in [2.75, 3.05) is 7.05 Å². The van der Waals surface area contributed by atoms with Crippen molar-refractivity contribution in [1.29, 1.82) is 0 Å². The fraction of sp³-hybridized carbons (Fsp3) is 0.640. The number of amides is 2. The molecular weight excluding hydrogens is 408 g/mol. The van der Waals surface area contributed by atoms with Crippen molar-refractivity contribution in [2.45, 2.75) is 85.6 Å². The van der Waals surface area contributed by atoms with Crippen LogP contribution in [0.3, 0.4) is 0 Å². The molecule has 0 saturated heterocycles. The minimum Gasteiger partial charge on any atom is -0.458 e. The maximum Gasteiger partial charge on any atom is 0.410 e. The van der Waals surface area contributed by atoms with Gasteiger partial charge >= 0.3 is 12.1 Å². The maximum absolute atomic E-state index is 13.2. The quantitative estimate of drug-likeness (QED) is 0.531. The summed E-state index contributed by atoms with van der Waals surface area (Å²) < 4.78 is 10.9. The summed E-state index contributed by atoms with van der Waals surface area (Å²) in [5.41, 5.74) is 0.198. The van der Waals surface area contributed by atoms with Gasteiger partial charge in [-0.15, -0.1) is 0 Å². The van der Waals surface area contributed by atoms with Crippen LogP contribution in [-0.2, 0) is 25.7 Å². The van der Waals surface area contributed by atoms with E-state index in [0.29, 0.717) is 12.8 Å². The summed E-state index contributed by atoms with van der Waals surface area (Å²) in [5, 5.41) is 2.84. The molecule has 0 aliphatic rings. The molecule has 2 amide bonds. The van der Waals surface area contributed by atoms with Gasteiger partial charge in [-0.1, -0.05) is 64.4 Å². The van der Waals surface area contributed by atoms with Crippen LogP contribution in [0.4, 0.5) is 4.79 Å². The molecule has 1 aromatic rings. The molecule has 0 aliphatic carbocycles. The van der Waals surface area contributed by atoms with Crippen molar-refractivity contribution in [3.05, 3.63) is 35.9 Å². The molecule has 0 unspecified atom stereocenters. The van der Waals surface area contributed by atoms with Gasteiger partial charge in [-0.05, 0) is 44.6 Å². The second kappa shape index (κ2) is 12.5. The summed E-state index contributed by atoms with van der Waals surface area (Å²) >= 11 is 0. The van der Waals surface area contributed by atoms with Crippen LogP contribution in [0.15, 0.2) is 30.3 Å². The van der Waals surface area contributed by atoms with Gasteiger partial charge in [0.25, 0.3) is 0 Å². The summed E-state index contributed by atoms with van der Waals surface area (Å²) in [4.78, 5) is 40.0. The summed E-state index contributed by atoms with van der Waals surface area (Å²) in [7, 11) is 1.55. The normalized spacial score (nSPS) is 14.3. The Morgan fingerprint density at radius 2 is 1.66 bits per heavy atom. The summed E-state index contributed by atoms with van der Waals surface area (Å²) in [6.07, 6.45) is 0.533. The SMILES string of the molecule is CC[C@H](C)[C@H](NC(=O)[C@H](CC(C)C)N(C)C(=O)OCc1ccccc1)C(=O)OC(C)(C)C. The fourth-order valence-corrected chi connectivity index (χ4v) is 3.12. The molecule has 32 heavy (non-hydrogen) atoms. The molecule has 0 aromatic heterocycles. The van der Waals surface area contributed by atoms with Gasteiger partial charge in [-0.3, -0.25) is 9.69 Å². The molecule has 1 aromatic carbocycles. The Bertz CT molecular complexity index is 742. The number of ether oxygens (including phenoxy) is 2. The first-order chi connectivity index (χ1) is 14.9. The molecule has 1 rings (SSSR count). The van der Waals surface area contributed by atoms with Crippen LogP contribution in [0.1, 0.15) is 66.9 Å². The molecule has 7 heteroatoms. The number of nitrogens with zero attached hydrogens (tertiary/aromatic N) is 1. The van der Waals surface area contributed by atoms with Crippen LogP contribution >= 0.6 is 0 Å². The van der Waals surface area contributed by atoms with Gasteiger partial charge in [-0.2, -0.15) is 0 Å². The Balaban J connectivity index is 2.95. The lowest BCUT2D eigenvalue weighted by atomic mass is 9.97. The molecule has 0 saturated carbocycles. The molecule has 0 aliphatic heterocycles. The van der Waals surface area contributed by atoms with Gasteiger partial charge < -0.3 is 14.8 Å². The standard InChI is InChI=1S/C25H40N2O5/c1-9-18(4)21(23(29)32-25(5,6)7)26-22(28)20(15-17(2)3)27(8)24(30)31-16-19-13-11-10-12-14-19/h10-14,17-18,20-21H,9,15-16H2,1-8H3,(H,26,28)/t18-,20-,21-/m0/s1. The molecule has 7 nitrogen and oxygen atoms in total. The first-order valence-electron chi connectivity index (χ1n) is 11.3. The van der Waals surface area contributed by atoms with Crippen molar-refractivity contribution in [2.24, 2.45) is 11.8 Å². The predicted molar refractivity (Wildman–Crippen MR) is 125 cm³/mol. The van der Waals surface area contributed by atoms with E-state index in [2.05, 4.69) is 5.32 Å². The third kappa shape index (κ3) is 9.28. The highest BCUT2D eigenvalue weighted by Gasteiger charge is 2.35. The zero-order valence-corrected chi connectivity index (χ0v) is 20.8. The van der Waals surface area contributed by atoms with E-state index in [1.54, 1.807) is 27.8 Å². The van der Waals surface area contributed by atoms with E-state index >= 15 is 0 Å². The van der Waals surface area contributed by atoms with E-state index in [0.717, 1.165) is 5.56 Å². The molecule has 3 atom stereocenters. The van der Waals surface area contributed by atoms with Gasteiger partial charge in [0.2, 0.25) is 5.91 Å². The highest BCUT2D eigenvalue weighted by atomic mass is 16.6. The second-order valence-corrected chi connectivity index (χ2v) is 9.70. The minimum atomic E-state index is -0.796.